The highest BCUT2D eigenvalue weighted by Crippen LogP contribution is 2.22. The van der Waals surface area contributed by atoms with Gasteiger partial charge in [0.2, 0.25) is 11.9 Å². The van der Waals surface area contributed by atoms with Crippen LogP contribution in [0.2, 0.25) is 0 Å². The van der Waals surface area contributed by atoms with Crippen LogP contribution in [0.4, 0.5) is 11.9 Å². The van der Waals surface area contributed by atoms with E-state index in [4.69, 9.17) is 5.73 Å². The number of anilines is 2. The highest BCUT2D eigenvalue weighted by Gasteiger charge is 2.17. The maximum Gasteiger partial charge on any atom is 0.230 e. The van der Waals surface area contributed by atoms with Crippen LogP contribution in [-0.4, -0.2) is 28.0 Å². The highest BCUT2D eigenvalue weighted by molar-refractivity contribution is 7.08. The predicted molar refractivity (Wildman–Crippen MR) is 69.0 cm³/mol. The summed E-state index contributed by atoms with van der Waals surface area (Å²) in [6.45, 7) is 2.01. The minimum atomic E-state index is 0.295. The molecule has 0 unspecified atom stereocenters. The van der Waals surface area contributed by atoms with E-state index in [0.29, 0.717) is 17.7 Å². The molecule has 0 atom stereocenters. The summed E-state index contributed by atoms with van der Waals surface area (Å²) in [4.78, 5) is 15.0. The standard InChI is InChI=1S/C11H13N5S/c12-10-13-9(8-3-6-17-7-8)14-11(15-10)16-4-1-2-5-16/h3,6-7H,1-2,4-5H2,(H2,12,13,14,15). The molecule has 3 heterocycles. The third kappa shape index (κ3) is 2.08. The number of hydrogen-bond donors (Lipinski definition) is 1. The molecule has 0 saturated carbocycles. The Morgan fingerprint density at radius 3 is 2.71 bits per heavy atom. The monoisotopic (exact) mass is 247 g/mol. The molecule has 2 aromatic rings. The summed E-state index contributed by atoms with van der Waals surface area (Å²) in [6.07, 6.45) is 2.39. The first-order chi connectivity index (χ1) is 8.33. The zero-order chi connectivity index (χ0) is 11.7. The minimum Gasteiger partial charge on any atom is -0.368 e. The molecule has 1 aliphatic heterocycles. The Balaban J connectivity index is 2.00. The van der Waals surface area contributed by atoms with Crippen LogP contribution in [0.5, 0.6) is 0 Å². The lowest BCUT2D eigenvalue weighted by molar-refractivity contribution is 0.887. The fraction of sp³-hybridized carbons (Fsp3) is 0.364. The molecule has 6 heteroatoms. The van der Waals surface area contributed by atoms with Crippen LogP contribution in [0, 0.1) is 0 Å². The lowest BCUT2D eigenvalue weighted by Crippen LogP contribution is -2.21. The Bertz CT molecular complexity index is 505. The molecular weight excluding hydrogens is 234 g/mol. The third-order valence-corrected chi connectivity index (χ3v) is 3.49. The van der Waals surface area contributed by atoms with Crippen LogP contribution in [0.25, 0.3) is 11.4 Å². The zero-order valence-electron chi connectivity index (χ0n) is 9.33. The van der Waals surface area contributed by atoms with Crippen molar-refractivity contribution in [2.24, 2.45) is 0 Å². The van der Waals surface area contributed by atoms with E-state index in [1.54, 1.807) is 11.3 Å². The second-order valence-electron chi connectivity index (χ2n) is 4.02. The number of aromatic nitrogens is 3. The number of nitrogens with two attached hydrogens (primary N) is 1. The second-order valence-corrected chi connectivity index (χ2v) is 4.80. The topological polar surface area (TPSA) is 67.9 Å². The van der Waals surface area contributed by atoms with Crippen molar-refractivity contribution in [3.8, 4) is 11.4 Å². The second kappa shape index (κ2) is 4.29. The molecule has 1 aliphatic rings. The first-order valence-electron chi connectivity index (χ1n) is 5.62. The van der Waals surface area contributed by atoms with E-state index in [-0.39, 0.29) is 0 Å². The van der Waals surface area contributed by atoms with E-state index >= 15 is 0 Å². The van der Waals surface area contributed by atoms with Gasteiger partial charge < -0.3 is 10.6 Å². The van der Waals surface area contributed by atoms with Crippen molar-refractivity contribution in [2.75, 3.05) is 23.7 Å². The van der Waals surface area contributed by atoms with Gasteiger partial charge in [-0.25, -0.2) is 0 Å². The van der Waals surface area contributed by atoms with Gasteiger partial charge in [-0.1, -0.05) is 0 Å². The van der Waals surface area contributed by atoms with E-state index in [1.165, 1.54) is 12.8 Å². The largest absolute Gasteiger partial charge is 0.368 e. The van der Waals surface area contributed by atoms with Crippen molar-refractivity contribution >= 4 is 23.2 Å². The summed E-state index contributed by atoms with van der Waals surface area (Å²) in [5.74, 6) is 1.67. The van der Waals surface area contributed by atoms with Crippen LogP contribution < -0.4 is 10.6 Å². The highest BCUT2D eigenvalue weighted by atomic mass is 32.1. The number of rotatable bonds is 2. The number of hydrogen-bond acceptors (Lipinski definition) is 6. The molecule has 17 heavy (non-hydrogen) atoms. The molecule has 0 aliphatic carbocycles. The minimum absolute atomic E-state index is 0.295. The predicted octanol–water partition coefficient (Wildman–Crippen LogP) is 1.78. The van der Waals surface area contributed by atoms with Gasteiger partial charge in [0.25, 0.3) is 0 Å². The van der Waals surface area contributed by atoms with Crippen LogP contribution in [-0.2, 0) is 0 Å². The average Bonchev–Trinajstić information content (AvgIpc) is 3.02. The Labute approximate surface area is 103 Å². The zero-order valence-corrected chi connectivity index (χ0v) is 10.2. The smallest absolute Gasteiger partial charge is 0.230 e. The van der Waals surface area contributed by atoms with E-state index in [2.05, 4.69) is 19.9 Å². The van der Waals surface area contributed by atoms with Crippen LogP contribution >= 0.6 is 11.3 Å². The molecule has 3 rings (SSSR count). The van der Waals surface area contributed by atoms with Gasteiger partial charge in [0, 0.05) is 24.0 Å². The molecule has 5 nitrogen and oxygen atoms in total. The molecule has 2 aromatic heterocycles. The fourth-order valence-corrected chi connectivity index (χ4v) is 2.59. The molecule has 1 fully saturated rings. The Hall–Kier alpha value is -1.69. The fourth-order valence-electron chi connectivity index (χ4n) is 1.96. The van der Waals surface area contributed by atoms with Crippen LogP contribution in [0.3, 0.4) is 0 Å². The lowest BCUT2D eigenvalue weighted by Gasteiger charge is -2.15. The molecule has 0 bridgehead atoms. The molecule has 0 amide bonds. The number of nitrogen functional groups attached to an aromatic ring is 1. The van der Waals surface area contributed by atoms with Gasteiger partial charge in [0.15, 0.2) is 5.82 Å². The summed E-state index contributed by atoms with van der Waals surface area (Å²) in [7, 11) is 0. The van der Waals surface area contributed by atoms with Crippen molar-refractivity contribution in [3.05, 3.63) is 16.8 Å². The van der Waals surface area contributed by atoms with E-state index in [0.717, 1.165) is 18.7 Å². The number of nitrogens with zero attached hydrogens (tertiary/aromatic N) is 4. The van der Waals surface area contributed by atoms with Gasteiger partial charge in [-0.05, 0) is 24.3 Å². The van der Waals surface area contributed by atoms with Gasteiger partial charge in [0.05, 0.1) is 0 Å². The Kier molecular flexibility index (Phi) is 2.64. The SMILES string of the molecule is Nc1nc(-c2ccsc2)nc(N2CCCC2)n1. The van der Waals surface area contributed by atoms with Gasteiger partial charge in [-0.15, -0.1) is 0 Å². The first-order valence-corrected chi connectivity index (χ1v) is 6.56. The van der Waals surface area contributed by atoms with Gasteiger partial charge >= 0.3 is 0 Å². The molecule has 0 aromatic carbocycles. The van der Waals surface area contributed by atoms with Gasteiger partial charge in [-0.3, -0.25) is 0 Å². The van der Waals surface area contributed by atoms with Crippen molar-refractivity contribution < 1.29 is 0 Å². The van der Waals surface area contributed by atoms with Crippen molar-refractivity contribution in [2.45, 2.75) is 12.8 Å². The van der Waals surface area contributed by atoms with Crippen LogP contribution in [0.1, 0.15) is 12.8 Å². The summed E-state index contributed by atoms with van der Waals surface area (Å²) >= 11 is 1.62. The van der Waals surface area contributed by atoms with Gasteiger partial charge in [-0.2, -0.15) is 26.3 Å². The van der Waals surface area contributed by atoms with E-state index in [9.17, 15) is 0 Å². The normalized spacial score (nSPS) is 15.4. The van der Waals surface area contributed by atoms with E-state index in [1.807, 2.05) is 16.8 Å². The average molecular weight is 247 g/mol. The van der Waals surface area contributed by atoms with Crippen molar-refractivity contribution in [1.82, 2.24) is 15.0 Å². The molecular formula is C11H13N5S. The molecule has 1 saturated heterocycles. The van der Waals surface area contributed by atoms with Crippen LogP contribution in [0.15, 0.2) is 16.8 Å². The van der Waals surface area contributed by atoms with E-state index < -0.39 is 0 Å². The van der Waals surface area contributed by atoms with Crippen molar-refractivity contribution in [3.63, 3.8) is 0 Å². The maximum atomic E-state index is 5.75. The maximum absolute atomic E-state index is 5.75. The summed E-state index contributed by atoms with van der Waals surface area (Å²) < 4.78 is 0. The Morgan fingerprint density at radius 2 is 2.00 bits per heavy atom. The van der Waals surface area contributed by atoms with Crippen molar-refractivity contribution in [1.29, 1.82) is 0 Å². The van der Waals surface area contributed by atoms with Gasteiger partial charge in [0.1, 0.15) is 0 Å². The summed E-state index contributed by atoms with van der Waals surface area (Å²) in [5, 5.41) is 4.02. The number of thiophene rings is 1. The molecule has 0 spiro atoms. The quantitative estimate of drug-likeness (QED) is 0.876. The molecule has 88 valence electrons. The summed E-state index contributed by atoms with van der Waals surface area (Å²) in [5.41, 5.74) is 6.75. The first kappa shape index (κ1) is 10.5. The molecule has 0 radical (unpaired) electrons. The Morgan fingerprint density at radius 1 is 1.18 bits per heavy atom. The molecule has 2 N–H and O–H groups in total. The third-order valence-electron chi connectivity index (χ3n) is 2.81. The summed E-state index contributed by atoms with van der Waals surface area (Å²) in [6, 6.07) is 1.99. The lowest BCUT2D eigenvalue weighted by atomic mass is 10.3.